The molecular weight excluding hydrogens is 315 g/mol. The van der Waals surface area contributed by atoms with Gasteiger partial charge in [0.15, 0.2) is 0 Å². The predicted octanol–water partition coefficient (Wildman–Crippen LogP) is 3.94. The van der Waals surface area contributed by atoms with E-state index in [1.807, 2.05) is 0 Å². The Morgan fingerprint density at radius 2 is 1.58 bits per heavy atom. The van der Waals surface area contributed by atoms with Crippen LogP contribution in [0.2, 0.25) is 0 Å². The molecule has 24 heavy (non-hydrogen) atoms. The minimum absolute atomic E-state index is 0.0657. The number of hydrogen-bond donors (Lipinski definition) is 1. The molecule has 2 rings (SSSR count). The predicted molar refractivity (Wildman–Crippen MR) is 108 cm³/mol. The Morgan fingerprint density at radius 1 is 0.833 bits per heavy atom. The molecule has 1 unspecified atom stereocenters. The summed E-state index contributed by atoms with van der Waals surface area (Å²) in [6, 6.07) is 0. The molecule has 1 N–H and O–H groups in total. The van der Waals surface area contributed by atoms with Gasteiger partial charge in [-0.15, -0.1) is 0 Å². The zero-order valence-electron chi connectivity index (χ0n) is 16.5. The molecule has 0 aliphatic carbocycles. The zero-order chi connectivity index (χ0) is 17.2. The van der Waals surface area contributed by atoms with E-state index in [1.165, 1.54) is 90.8 Å². The molecule has 4 nitrogen and oxygen atoms in total. The quantitative estimate of drug-likeness (QED) is 0.325. The summed E-state index contributed by atoms with van der Waals surface area (Å²) in [5, 5.41) is 3.61. The van der Waals surface area contributed by atoms with Gasteiger partial charge in [0.1, 0.15) is 0 Å². The first-order valence-electron chi connectivity index (χ1n) is 10.6. The molecule has 0 spiro atoms. The molecule has 2 saturated heterocycles. The molecule has 2 aliphatic heterocycles. The SMILES string of the molecule is CCCCNCCN1CCN(CCCC)[P@]2C(CCCC)[N@@]2CC1. The maximum atomic E-state index is 3.61. The second-order valence-electron chi connectivity index (χ2n) is 7.36. The lowest BCUT2D eigenvalue weighted by molar-refractivity contribution is 0.232. The normalized spacial score (nSPS) is 28.4. The molecule has 0 aromatic rings. The van der Waals surface area contributed by atoms with Crippen LogP contribution in [0.15, 0.2) is 0 Å². The Bertz CT molecular complexity index is 328. The molecule has 2 heterocycles. The van der Waals surface area contributed by atoms with Crippen LogP contribution in [0.3, 0.4) is 0 Å². The van der Waals surface area contributed by atoms with Gasteiger partial charge >= 0.3 is 0 Å². The Kier molecular flexibility index (Phi) is 10.1. The van der Waals surface area contributed by atoms with Crippen LogP contribution in [0.5, 0.6) is 0 Å². The fraction of sp³-hybridized carbons (Fsp3) is 1.00. The number of rotatable bonds is 12. The second-order valence-corrected chi connectivity index (χ2v) is 9.68. The van der Waals surface area contributed by atoms with E-state index in [0.717, 1.165) is 12.3 Å². The average molecular weight is 357 g/mol. The highest BCUT2D eigenvalue weighted by Crippen LogP contribution is 2.68. The van der Waals surface area contributed by atoms with E-state index in [-0.39, 0.29) is 8.22 Å². The van der Waals surface area contributed by atoms with Gasteiger partial charge in [-0.05, 0) is 25.8 Å². The Labute approximate surface area is 152 Å². The molecule has 2 aliphatic rings. The Balaban J connectivity index is 1.78. The van der Waals surface area contributed by atoms with Crippen molar-refractivity contribution in [3.63, 3.8) is 0 Å². The first-order valence-corrected chi connectivity index (χ1v) is 11.9. The molecule has 0 aromatic carbocycles. The van der Waals surface area contributed by atoms with E-state index in [4.69, 9.17) is 0 Å². The molecule has 2 fully saturated rings. The third-order valence-electron chi connectivity index (χ3n) is 5.33. The van der Waals surface area contributed by atoms with Crippen molar-refractivity contribution < 1.29 is 0 Å². The number of fused-ring (bicyclic) bond motifs is 1. The topological polar surface area (TPSA) is 21.5 Å². The lowest BCUT2D eigenvalue weighted by atomic mass is 10.2. The molecule has 142 valence electrons. The van der Waals surface area contributed by atoms with Crippen LogP contribution in [-0.2, 0) is 0 Å². The van der Waals surface area contributed by atoms with Gasteiger partial charge in [0.25, 0.3) is 0 Å². The zero-order valence-corrected chi connectivity index (χ0v) is 17.4. The van der Waals surface area contributed by atoms with E-state index in [9.17, 15) is 0 Å². The van der Waals surface area contributed by atoms with Gasteiger partial charge in [-0.2, -0.15) is 0 Å². The van der Waals surface area contributed by atoms with Crippen molar-refractivity contribution in [2.75, 3.05) is 52.4 Å². The van der Waals surface area contributed by atoms with Gasteiger partial charge in [-0.25, -0.2) is 0 Å². The van der Waals surface area contributed by atoms with Crippen molar-refractivity contribution in [2.24, 2.45) is 0 Å². The highest BCUT2D eigenvalue weighted by atomic mass is 31.2. The summed E-state index contributed by atoms with van der Waals surface area (Å²) in [6.07, 6.45) is 9.48. The fourth-order valence-corrected chi connectivity index (χ4v) is 6.54. The van der Waals surface area contributed by atoms with E-state index in [1.54, 1.807) is 0 Å². The number of hydrogen-bond acceptors (Lipinski definition) is 4. The van der Waals surface area contributed by atoms with Crippen molar-refractivity contribution in [1.29, 1.82) is 0 Å². The maximum absolute atomic E-state index is 3.61. The summed E-state index contributed by atoms with van der Waals surface area (Å²) in [5.41, 5.74) is 0. The summed E-state index contributed by atoms with van der Waals surface area (Å²) in [6.45, 7) is 16.9. The van der Waals surface area contributed by atoms with Crippen molar-refractivity contribution in [3.8, 4) is 0 Å². The molecule has 0 saturated carbocycles. The standard InChI is InChI=1S/C19H41N4P/c1-4-7-10-19-23-18-16-21(14-12-20-11-8-5-2)15-17-22(24(19)23)13-9-6-3/h19-20H,4-18H2,1-3H3/t19?,23-,24+/m1/s1. The molecule has 0 amide bonds. The van der Waals surface area contributed by atoms with Crippen LogP contribution >= 0.6 is 8.22 Å². The highest BCUT2D eigenvalue weighted by molar-refractivity contribution is 7.60. The van der Waals surface area contributed by atoms with E-state index in [2.05, 4.69) is 40.3 Å². The molecule has 0 radical (unpaired) electrons. The van der Waals surface area contributed by atoms with Crippen molar-refractivity contribution in [1.82, 2.24) is 19.6 Å². The van der Waals surface area contributed by atoms with Gasteiger partial charge in [0, 0.05) is 45.8 Å². The summed E-state index contributed by atoms with van der Waals surface area (Å²) >= 11 is 0. The summed E-state index contributed by atoms with van der Waals surface area (Å²) in [7, 11) is 0.0657. The third-order valence-corrected chi connectivity index (χ3v) is 8.14. The Hall–Kier alpha value is 0.270. The van der Waals surface area contributed by atoms with Crippen molar-refractivity contribution in [3.05, 3.63) is 0 Å². The number of nitrogens with one attached hydrogen (secondary N) is 1. The number of nitrogens with zero attached hydrogens (tertiary/aromatic N) is 3. The molecule has 5 heteroatoms. The lowest BCUT2D eigenvalue weighted by Crippen LogP contribution is -2.41. The molecule has 0 bridgehead atoms. The van der Waals surface area contributed by atoms with E-state index in [0.29, 0.717) is 0 Å². The van der Waals surface area contributed by atoms with E-state index >= 15 is 0 Å². The van der Waals surface area contributed by atoms with Crippen LogP contribution in [0.1, 0.15) is 65.7 Å². The summed E-state index contributed by atoms with van der Waals surface area (Å²) in [5.74, 6) is 0.916. The first-order chi connectivity index (χ1) is 11.8. The largest absolute Gasteiger partial charge is 0.315 e. The van der Waals surface area contributed by atoms with Gasteiger partial charge in [-0.1, -0.05) is 46.5 Å². The lowest BCUT2D eigenvalue weighted by Gasteiger charge is -2.30. The fourth-order valence-electron chi connectivity index (χ4n) is 3.65. The third kappa shape index (κ3) is 6.53. The van der Waals surface area contributed by atoms with Gasteiger partial charge < -0.3 is 5.32 Å². The van der Waals surface area contributed by atoms with Crippen LogP contribution < -0.4 is 5.32 Å². The van der Waals surface area contributed by atoms with E-state index < -0.39 is 0 Å². The molecule has 3 atom stereocenters. The summed E-state index contributed by atoms with van der Waals surface area (Å²) < 4.78 is 5.70. The van der Waals surface area contributed by atoms with Crippen molar-refractivity contribution in [2.45, 2.75) is 71.5 Å². The molecular formula is C19H41N4P. The van der Waals surface area contributed by atoms with Crippen LogP contribution in [0.4, 0.5) is 0 Å². The average Bonchev–Trinajstić information content (AvgIpc) is 3.26. The van der Waals surface area contributed by atoms with Gasteiger partial charge in [0.05, 0.1) is 14.0 Å². The minimum atomic E-state index is 0.0657. The van der Waals surface area contributed by atoms with Crippen LogP contribution in [-0.4, -0.2) is 72.4 Å². The first kappa shape index (κ1) is 20.6. The smallest absolute Gasteiger partial charge is 0.0618 e. The van der Waals surface area contributed by atoms with Crippen LogP contribution in [0, 0.1) is 0 Å². The summed E-state index contributed by atoms with van der Waals surface area (Å²) in [4.78, 5) is 2.69. The second kappa shape index (κ2) is 11.8. The number of unbranched alkanes of at least 4 members (excludes halogenated alkanes) is 3. The van der Waals surface area contributed by atoms with Gasteiger partial charge in [-0.3, -0.25) is 14.2 Å². The monoisotopic (exact) mass is 356 g/mol. The van der Waals surface area contributed by atoms with Gasteiger partial charge in [0.2, 0.25) is 0 Å². The maximum Gasteiger partial charge on any atom is 0.0618 e. The molecule has 0 aromatic heterocycles. The highest BCUT2D eigenvalue weighted by Gasteiger charge is 2.50. The van der Waals surface area contributed by atoms with Crippen molar-refractivity contribution >= 4 is 8.22 Å². The van der Waals surface area contributed by atoms with Crippen LogP contribution in [0.25, 0.3) is 0 Å². The Morgan fingerprint density at radius 3 is 2.33 bits per heavy atom. The minimum Gasteiger partial charge on any atom is -0.315 e.